The average Bonchev–Trinajstić information content (AvgIpc) is 2.48. The van der Waals surface area contributed by atoms with Crippen molar-refractivity contribution in [2.24, 2.45) is 5.73 Å². The molecule has 6 heteroatoms. The molecule has 3 N–H and O–H groups in total. The number of carbonyl (C=O) groups is 1. The standard InChI is InChI=1S/C14H20FNO4/c1-19-13(18)14(10-16,6-8-20-9-7-17)11-2-4-12(15)5-3-11/h2-5,17H,6-10,16H2,1H3. The monoisotopic (exact) mass is 285 g/mol. The van der Waals surface area contributed by atoms with Crippen LogP contribution < -0.4 is 5.73 Å². The number of hydrogen-bond acceptors (Lipinski definition) is 5. The van der Waals surface area contributed by atoms with Crippen LogP contribution in [0.25, 0.3) is 0 Å². The van der Waals surface area contributed by atoms with Crippen molar-refractivity contribution in [2.75, 3.05) is 33.5 Å². The fourth-order valence-corrected chi connectivity index (χ4v) is 2.04. The molecule has 0 radical (unpaired) electrons. The maximum absolute atomic E-state index is 13.0. The average molecular weight is 285 g/mol. The maximum Gasteiger partial charge on any atom is 0.317 e. The minimum Gasteiger partial charge on any atom is -0.468 e. The van der Waals surface area contributed by atoms with Crippen LogP contribution in [-0.2, 0) is 19.7 Å². The molecule has 0 spiro atoms. The second-order valence-corrected chi connectivity index (χ2v) is 4.37. The van der Waals surface area contributed by atoms with E-state index in [4.69, 9.17) is 20.3 Å². The van der Waals surface area contributed by atoms with Gasteiger partial charge in [-0.1, -0.05) is 12.1 Å². The van der Waals surface area contributed by atoms with Gasteiger partial charge in [0.2, 0.25) is 0 Å². The van der Waals surface area contributed by atoms with E-state index in [1.807, 2.05) is 0 Å². The zero-order chi connectivity index (χ0) is 15.0. The summed E-state index contributed by atoms with van der Waals surface area (Å²) >= 11 is 0. The van der Waals surface area contributed by atoms with Crippen LogP contribution in [0, 0.1) is 5.82 Å². The molecule has 1 unspecified atom stereocenters. The molecule has 0 fully saturated rings. The third-order valence-electron chi connectivity index (χ3n) is 3.23. The van der Waals surface area contributed by atoms with Crippen LogP contribution in [0.2, 0.25) is 0 Å². The molecule has 0 aliphatic carbocycles. The number of benzene rings is 1. The number of carbonyl (C=O) groups excluding carboxylic acids is 1. The number of aliphatic hydroxyl groups excluding tert-OH is 1. The highest BCUT2D eigenvalue weighted by Crippen LogP contribution is 2.29. The van der Waals surface area contributed by atoms with Crippen LogP contribution in [0.4, 0.5) is 4.39 Å². The first-order chi connectivity index (χ1) is 9.60. The Labute approximate surface area is 117 Å². The number of methoxy groups -OCH3 is 1. The van der Waals surface area contributed by atoms with E-state index in [2.05, 4.69) is 0 Å². The third-order valence-corrected chi connectivity index (χ3v) is 3.23. The number of halogens is 1. The van der Waals surface area contributed by atoms with Crippen molar-refractivity contribution in [3.63, 3.8) is 0 Å². The summed E-state index contributed by atoms with van der Waals surface area (Å²) < 4.78 is 23.0. The lowest BCUT2D eigenvalue weighted by Gasteiger charge is -2.30. The Morgan fingerprint density at radius 2 is 2.00 bits per heavy atom. The molecule has 0 aromatic heterocycles. The van der Waals surface area contributed by atoms with Gasteiger partial charge in [0, 0.05) is 13.2 Å². The predicted molar refractivity (Wildman–Crippen MR) is 71.7 cm³/mol. The van der Waals surface area contributed by atoms with Crippen LogP contribution in [0.15, 0.2) is 24.3 Å². The van der Waals surface area contributed by atoms with E-state index in [1.165, 1.54) is 31.4 Å². The van der Waals surface area contributed by atoms with Gasteiger partial charge < -0.3 is 20.3 Å². The van der Waals surface area contributed by atoms with Crippen molar-refractivity contribution < 1.29 is 23.8 Å². The van der Waals surface area contributed by atoms with Crippen molar-refractivity contribution in [1.82, 2.24) is 0 Å². The minimum atomic E-state index is -1.07. The molecule has 20 heavy (non-hydrogen) atoms. The van der Waals surface area contributed by atoms with Crippen molar-refractivity contribution >= 4 is 5.97 Å². The summed E-state index contributed by atoms with van der Waals surface area (Å²) in [6, 6.07) is 5.59. The molecule has 0 heterocycles. The summed E-state index contributed by atoms with van der Waals surface area (Å²) in [7, 11) is 1.28. The summed E-state index contributed by atoms with van der Waals surface area (Å²) in [6.07, 6.45) is 0.293. The first kappa shape index (κ1) is 16.6. The number of hydrogen-bond donors (Lipinski definition) is 2. The van der Waals surface area contributed by atoms with Gasteiger partial charge in [-0.05, 0) is 24.1 Å². The largest absolute Gasteiger partial charge is 0.468 e. The zero-order valence-corrected chi connectivity index (χ0v) is 11.5. The highest BCUT2D eigenvalue weighted by atomic mass is 19.1. The first-order valence-corrected chi connectivity index (χ1v) is 6.34. The number of nitrogens with two attached hydrogens (primary N) is 1. The molecular formula is C14H20FNO4. The van der Waals surface area contributed by atoms with Gasteiger partial charge in [0.15, 0.2) is 0 Å². The Morgan fingerprint density at radius 3 is 2.50 bits per heavy atom. The molecule has 0 saturated heterocycles. The van der Waals surface area contributed by atoms with E-state index in [0.29, 0.717) is 12.0 Å². The molecule has 1 aromatic rings. The molecule has 112 valence electrons. The predicted octanol–water partition coefficient (Wildman–Crippen LogP) is 0.594. The van der Waals surface area contributed by atoms with Crippen LogP contribution in [0.5, 0.6) is 0 Å². The summed E-state index contributed by atoms with van der Waals surface area (Å²) in [5.74, 6) is -0.875. The molecule has 0 aliphatic heterocycles. The molecule has 1 rings (SSSR count). The van der Waals surface area contributed by atoms with Crippen molar-refractivity contribution in [1.29, 1.82) is 0 Å². The summed E-state index contributed by atoms with van der Waals surface area (Å²) in [5.41, 5.74) is 5.28. The first-order valence-electron chi connectivity index (χ1n) is 6.34. The summed E-state index contributed by atoms with van der Waals surface area (Å²) in [4.78, 5) is 12.1. The molecular weight excluding hydrogens is 265 g/mol. The van der Waals surface area contributed by atoms with Gasteiger partial charge in [-0.2, -0.15) is 0 Å². The Morgan fingerprint density at radius 1 is 1.35 bits per heavy atom. The Kier molecular flexibility index (Phi) is 6.57. The number of rotatable bonds is 8. The quantitative estimate of drug-likeness (QED) is 0.540. The van der Waals surface area contributed by atoms with Gasteiger partial charge >= 0.3 is 5.97 Å². The van der Waals surface area contributed by atoms with Crippen LogP contribution in [-0.4, -0.2) is 44.6 Å². The van der Waals surface area contributed by atoms with Gasteiger partial charge in [-0.3, -0.25) is 4.79 Å². The van der Waals surface area contributed by atoms with Crippen molar-refractivity contribution in [3.05, 3.63) is 35.6 Å². The molecule has 0 saturated carbocycles. The van der Waals surface area contributed by atoms with E-state index in [-0.39, 0.29) is 32.2 Å². The lowest BCUT2D eigenvalue weighted by molar-refractivity contribution is -0.148. The molecule has 1 atom stereocenters. The highest BCUT2D eigenvalue weighted by Gasteiger charge is 2.40. The molecule has 0 bridgehead atoms. The summed E-state index contributed by atoms with van der Waals surface area (Å²) in [5, 5.41) is 8.67. The van der Waals surface area contributed by atoms with Gasteiger partial charge in [0.25, 0.3) is 0 Å². The van der Waals surface area contributed by atoms with Crippen molar-refractivity contribution in [3.8, 4) is 0 Å². The second kappa shape index (κ2) is 7.94. The molecule has 5 nitrogen and oxygen atoms in total. The van der Waals surface area contributed by atoms with Gasteiger partial charge in [0.05, 0.1) is 20.3 Å². The highest BCUT2D eigenvalue weighted by molar-refractivity contribution is 5.83. The normalized spacial score (nSPS) is 13.8. The zero-order valence-electron chi connectivity index (χ0n) is 11.5. The van der Waals surface area contributed by atoms with Gasteiger partial charge in [0.1, 0.15) is 11.2 Å². The maximum atomic E-state index is 13.0. The van der Waals surface area contributed by atoms with E-state index in [0.717, 1.165) is 0 Å². The van der Waals surface area contributed by atoms with E-state index in [1.54, 1.807) is 0 Å². The minimum absolute atomic E-state index is 0.0216. The Bertz CT molecular complexity index is 424. The Balaban J connectivity index is 2.98. The number of esters is 1. The fraction of sp³-hybridized carbons (Fsp3) is 0.500. The van der Waals surface area contributed by atoms with E-state index in [9.17, 15) is 9.18 Å². The van der Waals surface area contributed by atoms with Crippen LogP contribution in [0.1, 0.15) is 12.0 Å². The van der Waals surface area contributed by atoms with E-state index < -0.39 is 11.4 Å². The molecule has 1 aromatic carbocycles. The number of aliphatic hydroxyl groups is 1. The SMILES string of the molecule is COC(=O)C(CN)(CCOCCO)c1ccc(F)cc1. The summed E-state index contributed by atoms with van der Waals surface area (Å²) in [6.45, 7) is 0.355. The van der Waals surface area contributed by atoms with E-state index >= 15 is 0 Å². The van der Waals surface area contributed by atoms with Gasteiger partial charge in [-0.15, -0.1) is 0 Å². The fourth-order valence-electron chi connectivity index (χ4n) is 2.04. The van der Waals surface area contributed by atoms with Crippen LogP contribution >= 0.6 is 0 Å². The lowest BCUT2D eigenvalue weighted by Crippen LogP contribution is -2.44. The molecule has 0 amide bonds. The second-order valence-electron chi connectivity index (χ2n) is 4.37. The number of ether oxygens (including phenoxy) is 2. The molecule has 0 aliphatic rings. The third kappa shape index (κ3) is 3.75. The Hall–Kier alpha value is -1.50. The van der Waals surface area contributed by atoms with Crippen LogP contribution in [0.3, 0.4) is 0 Å². The van der Waals surface area contributed by atoms with Gasteiger partial charge in [-0.25, -0.2) is 4.39 Å². The topological polar surface area (TPSA) is 81.8 Å². The van der Waals surface area contributed by atoms with Crippen molar-refractivity contribution in [2.45, 2.75) is 11.8 Å². The lowest BCUT2D eigenvalue weighted by atomic mass is 9.77. The smallest absolute Gasteiger partial charge is 0.317 e.